The predicted molar refractivity (Wildman–Crippen MR) is 59.9 cm³/mol. The molecule has 98 valence electrons. The number of rotatable bonds is 1. The Hall–Kier alpha value is -2.37. The minimum absolute atomic E-state index is 0.268. The van der Waals surface area contributed by atoms with Gasteiger partial charge in [-0.05, 0) is 11.6 Å². The molecule has 0 spiro atoms. The molecule has 1 saturated heterocycles. The van der Waals surface area contributed by atoms with Crippen LogP contribution in [-0.4, -0.2) is 41.4 Å². The zero-order valence-electron chi connectivity index (χ0n) is 9.87. The van der Waals surface area contributed by atoms with E-state index in [4.69, 9.17) is 4.74 Å². The first-order valence-electron chi connectivity index (χ1n) is 5.87. The number of cyclic esters (lactones) is 1. The lowest BCUT2D eigenvalue weighted by Gasteiger charge is -2.43. The maximum absolute atomic E-state index is 12.3. The van der Waals surface area contributed by atoms with E-state index >= 15 is 0 Å². The lowest BCUT2D eigenvalue weighted by molar-refractivity contribution is -0.313. The summed E-state index contributed by atoms with van der Waals surface area (Å²) < 4.78 is 4.83. The van der Waals surface area contributed by atoms with Crippen LogP contribution in [0.4, 0.5) is 0 Å². The second kappa shape index (κ2) is 4.08. The fourth-order valence-corrected chi connectivity index (χ4v) is 2.57. The van der Waals surface area contributed by atoms with E-state index in [1.54, 1.807) is 24.3 Å². The monoisotopic (exact) mass is 260 g/mol. The molecule has 1 aromatic carbocycles. The molecule has 0 aromatic heterocycles. The van der Waals surface area contributed by atoms with E-state index in [1.165, 1.54) is 0 Å². The van der Waals surface area contributed by atoms with Gasteiger partial charge < -0.3 is 19.5 Å². The van der Waals surface area contributed by atoms with Gasteiger partial charge in [-0.2, -0.15) is 0 Å². The van der Waals surface area contributed by atoms with E-state index in [0.29, 0.717) is 5.56 Å². The number of morpholine rings is 1. The molecule has 2 aliphatic rings. The van der Waals surface area contributed by atoms with Gasteiger partial charge in [0.2, 0.25) is 0 Å². The van der Waals surface area contributed by atoms with Crippen LogP contribution in [0.15, 0.2) is 24.3 Å². The highest BCUT2D eigenvalue weighted by Gasteiger charge is 2.45. The van der Waals surface area contributed by atoms with Crippen molar-refractivity contribution in [3.8, 4) is 0 Å². The van der Waals surface area contributed by atoms with E-state index in [-0.39, 0.29) is 13.0 Å². The summed E-state index contributed by atoms with van der Waals surface area (Å²) in [6.45, 7) is -0.356. The van der Waals surface area contributed by atoms with Crippen LogP contribution in [0.3, 0.4) is 0 Å². The molecule has 2 aliphatic heterocycles. The van der Waals surface area contributed by atoms with E-state index in [2.05, 4.69) is 0 Å². The third-order valence-electron chi connectivity index (χ3n) is 3.49. The summed E-state index contributed by atoms with van der Waals surface area (Å²) in [4.78, 5) is 36.2. The average Bonchev–Trinajstić information content (AvgIpc) is 2.40. The largest absolute Gasteiger partial charge is 0.548 e. The van der Waals surface area contributed by atoms with Gasteiger partial charge in [-0.1, -0.05) is 18.2 Å². The number of amides is 1. The standard InChI is InChI=1S/C13H11NO5/c15-11-8-4-2-1-3-7(8)5-9-13(18)19-6-10(12(16)17)14(9)11/h1-4,9-10H,5-6H2,(H,16,17)/p-1/t9-,10+/m1/s1. The third-order valence-corrected chi connectivity index (χ3v) is 3.49. The molecular weight excluding hydrogens is 250 g/mol. The molecule has 0 bridgehead atoms. The summed E-state index contributed by atoms with van der Waals surface area (Å²) in [5.74, 6) is -2.44. The summed E-state index contributed by atoms with van der Waals surface area (Å²) in [5.41, 5.74) is 1.16. The molecular formula is C13H10NO5-. The van der Waals surface area contributed by atoms with Crippen LogP contribution >= 0.6 is 0 Å². The van der Waals surface area contributed by atoms with Crippen molar-refractivity contribution in [2.75, 3.05) is 6.61 Å². The van der Waals surface area contributed by atoms with Crippen LogP contribution in [0.1, 0.15) is 15.9 Å². The molecule has 1 amide bonds. The summed E-state index contributed by atoms with van der Waals surface area (Å²) in [5, 5.41) is 11.1. The summed E-state index contributed by atoms with van der Waals surface area (Å²) >= 11 is 0. The van der Waals surface area contributed by atoms with E-state index in [0.717, 1.165) is 10.5 Å². The second-order valence-corrected chi connectivity index (χ2v) is 4.55. The van der Waals surface area contributed by atoms with Gasteiger partial charge in [-0.3, -0.25) is 4.79 Å². The Kier molecular flexibility index (Phi) is 2.51. The lowest BCUT2D eigenvalue weighted by atomic mass is 9.91. The van der Waals surface area contributed by atoms with E-state index in [1.807, 2.05) is 0 Å². The van der Waals surface area contributed by atoms with Crippen molar-refractivity contribution in [2.45, 2.75) is 18.5 Å². The molecule has 1 aromatic rings. The molecule has 2 heterocycles. The quantitative estimate of drug-likeness (QED) is 0.587. The number of aliphatic carboxylic acids is 1. The van der Waals surface area contributed by atoms with Gasteiger partial charge in [0.15, 0.2) is 0 Å². The summed E-state index contributed by atoms with van der Waals surface area (Å²) in [7, 11) is 0. The third kappa shape index (κ3) is 1.68. The zero-order valence-corrected chi connectivity index (χ0v) is 9.87. The van der Waals surface area contributed by atoms with Crippen LogP contribution in [0.2, 0.25) is 0 Å². The number of hydrogen-bond donors (Lipinski definition) is 0. The first kappa shape index (κ1) is 11.7. The van der Waals surface area contributed by atoms with Gasteiger partial charge in [0.05, 0.1) is 5.97 Å². The van der Waals surface area contributed by atoms with Gasteiger partial charge in [-0.15, -0.1) is 0 Å². The molecule has 19 heavy (non-hydrogen) atoms. The van der Waals surface area contributed by atoms with Crippen molar-refractivity contribution in [1.29, 1.82) is 0 Å². The number of fused-ring (bicyclic) bond motifs is 2. The molecule has 6 nitrogen and oxygen atoms in total. The fourth-order valence-electron chi connectivity index (χ4n) is 2.57. The lowest BCUT2D eigenvalue weighted by Crippen LogP contribution is -2.64. The Morgan fingerprint density at radius 2 is 2.05 bits per heavy atom. The maximum atomic E-state index is 12.3. The van der Waals surface area contributed by atoms with Crippen molar-refractivity contribution in [3.05, 3.63) is 35.4 Å². The Morgan fingerprint density at radius 1 is 1.32 bits per heavy atom. The first-order chi connectivity index (χ1) is 9.09. The number of carboxylic acid groups (broad SMARTS) is 1. The highest BCUT2D eigenvalue weighted by atomic mass is 16.5. The van der Waals surface area contributed by atoms with Gasteiger partial charge >= 0.3 is 5.97 Å². The van der Waals surface area contributed by atoms with E-state index < -0.39 is 29.9 Å². The molecule has 0 radical (unpaired) electrons. The molecule has 0 saturated carbocycles. The zero-order chi connectivity index (χ0) is 13.6. The Bertz CT molecular complexity index is 582. The number of benzene rings is 1. The van der Waals surface area contributed by atoms with Crippen molar-refractivity contribution < 1.29 is 24.2 Å². The Morgan fingerprint density at radius 3 is 2.79 bits per heavy atom. The van der Waals surface area contributed by atoms with Crippen molar-refractivity contribution in [2.24, 2.45) is 0 Å². The summed E-state index contributed by atoms with van der Waals surface area (Å²) in [6, 6.07) is 4.75. The predicted octanol–water partition coefficient (Wildman–Crippen LogP) is -1.27. The molecule has 6 heteroatoms. The van der Waals surface area contributed by atoms with Crippen LogP contribution in [-0.2, 0) is 20.7 Å². The normalized spacial score (nSPS) is 25.4. The van der Waals surface area contributed by atoms with Gasteiger partial charge in [-0.25, -0.2) is 4.79 Å². The summed E-state index contributed by atoms with van der Waals surface area (Å²) in [6.07, 6.45) is 0.268. The highest BCUT2D eigenvalue weighted by molar-refractivity contribution is 6.02. The van der Waals surface area contributed by atoms with Crippen LogP contribution in [0.25, 0.3) is 0 Å². The van der Waals surface area contributed by atoms with Gasteiger partial charge in [0.25, 0.3) is 5.91 Å². The average molecular weight is 260 g/mol. The topological polar surface area (TPSA) is 86.7 Å². The Labute approximate surface area is 108 Å². The second-order valence-electron chi connectivity index (χ2n) is 4.55. The fraction of sp³-hybridized carbons (Fsp3) is 0.308. The van der Waals surface area contributed by atoms with Gasteiger partial charge in [0.1, 0.15) is 18.7 Å². The number of nitrogens with zero attached hydrogens (tertiary/aromatic N) is 1. The van der Waals surface area contributed by atoms with Crippen LogP contribution in [0, 0.1) is 0 Å². The minimum atomic E-state index is -1.41. The molecule has 2 atom stereocenters. The number of esters is 1. The van der Waals surface area contributed by atoms with E-state index in [9.17, 15) is 19.5 Å². The number of carbonyl (C=O) groups excluding carboxylic acids is 3. The smallest absolute Gasteiger partial charge is 0.329 e. The van der Waals surface area contributed by atoms with Crippen molar-refractivity contribution in [3.63, 3.8) is 0 Å². The molecule has 0 N–H and O–H groups in total. The van der Waals surface area contributed by atoms with Gasteiger partial charge in [0, 0.05) is 12.0 Å². The van der Waals surface area contributed by atoms with Crippen molar-refractivity contribution in [1.82, 2.24) is 4.90 Å². The number of ether oxygens (including phenoxy) is 1. The maximum Gasteiger partial charge on any atom is 0.329 e. The first-order valence-corrected chi connectivity index (χ1v) is 5.87. The Balaban J connectivity index is 2.08. The minimum Gasteiger partial charge on any atom is -0.548 e. The molecule has 0 aliphatic carbocycles. The number of carbonyl (C=O) groups is 3. The van der Waals surface area contributed by atoms with Crippen molar-refractivity contribution >= 4 is 17.8 Å². The number of hydrogen-bond acceptors (Lipinski definition) is 5. The number of carboxylic acids is 1. The highest BCUT2D eigenvalue weighted by Crippen LogP contribution is 2.28. The van der Waals surface area contributed by atoms with Crippen LogP contribution in [0.5, 0.6) is 0 Å². The SMILES string of the molecule is O=C1OC[C@@H](C(=O)[O-])N2C(=O)c3ccccc3C[C@H]12. The molecule has 3 rings (SSSR count). The molecule has 1 fully saturated rings. The van der Waals surface area contributed by atoms with Crippen LogP contribution < -0.4 is 5.11 Å². The molecule has 0 unspecified atom stereocenters.